The zero-order chi connectivity index (χ0) is 73.5. The van der Waals surface area contributed by atoms with E-state index < -0.39 is 86.1 Å². The Kier molecular flexibility index (Phi) is 24.5. The summed E-state index contributed by atoms with van der Waals surface area (Å²) in [7, 11) is 14.8. The number of hydrogen-bond donors (Lipinski definition) is 5. The number of amides is 2. The molecule has 5 N–H and O–H groups in total. The summed E-state index contributed by atoms with van der Waals surface area (Å²) >= 11 is 0. The molecule has 0 aliphatic carbocycles. The van der Waals surface area contributed by atoms with E-state index in [1.807, 2.05) is 60.0 Å². The maximum absolute atomic E-state index is 14.2. The molecule has 24 nitrogen and oxygen atoms in total. The van der Waals surface area contributed by atoms with Crippen molar-refractivity contribution in [2.45, 2.75) is 12.7 Å². The van der Waals surface area contributed by atoms with Gasteiger partial charge in [0.2, 0.25) is 29.5 Å². The lowest BCUT2D eigenvalue weighted by Gasteiger charge is -2.23. The van der Waals surface area contributed by atoms with Gasteiger partial charge in [-0.2, -0.15) is 4.39 Å². The minimum absolute atomic E-state index is 0.0919. The van der Waals surface area contributed by atoms with Crippen LogP contribution in [0.1, 0.15) is 11.1 Å². The number of halogens is 9. The molecule has 0 aliphatic rings. The van der Waals surface area contributed by atoms with Gasteiger partial charge in [-0.15, -0.1) is 26.3 Å². The predicted octanol–water partition coefficient (Wildman–Crippen LogP) is 13.9. The van der Waals surface area contributed by atoms with Crippen LogP contribution in [0.2, 0.25) is 0 Å². The minimum Gasteiger partial charge on any atom is -0.403 e. The number of nitro benzene ring substituents is 2. The van der Waals surface area contributed by atoms with Gasteiger partial charge in [0, 0.05) is 129 Å². The number of para-hydroxylation sites is 2. The molecule has 528 valence electrons. The second-order valence-electron chi connectivity index (χ2n) is 22.6. The first-order valence-electron chi connectivity index (χ1n) is 30.2. The Morgan fingerprint density at radius 2 is 0.980 bits per heavy atom. The molecule has 0 atom stereocenters. The van der Waals surface area contributed by atoms with Crippen LogP contribution in [0, 0.1) is 37.7 Å². The van der Waals surface area contributed by atoms with Gasteiger partial charge in [0.25, 0.3) is 5.69 Å². The normalized spacial score (nSPS) is 11.6. The number of nitro groups is 2. The SMILES string of the molecule is CN(C)CCN(C)c1cc(OC(F)(F)F)c(Nc2ncc(NC(=O)/C=C/c3ccc(F)cc3)c(-c3cn(C)c4ccccc34)n2)cc1[N+](=O)[O-].CNCCN(C)C.Cn1cc(-c2nc(Nc3cc([N+](=O)[O-])c(F)cc3OC(F)(F)F)ncc2NC(=O)/C=C/c2ccc(F)cc2)c2ccccc21. The van der Waals surface area contributed by atoms with Gasteiger partial charge < -0.3 is 59.9 Å². The number of aromatic nitrogens is 6. The summed E-state index contributed by atoms with van der Waals surface area (Å²) in [6.45, 7) is 2.94. The second kappa shape index (κ2) is 33.1. The van der Waals surface area contributed by atoms with E-state index in [4.69, 9.17) is 0 Å². The molecular formula is C68H65F9N16O8. The molecule has 0 bridgehead atoms. The molecule has 4 heterocycles. The first kappa shape index (κ1) is 74.8. The van der Waals surface area contributed by atoms with E-state index in [0.717, 1.165) is 41.6 Å². The van der Waals surface area contributed by atoms with Gasteiger partial charge in [-0.05, 0) is 94.9 Å². The molecule has 2 amide bonds. The molecule has 33 heteroatoms. The fraction of sp³-hybridized carbons (Fsp3) is 0.206. The lowest BCUT2D eigenvalue weighted by Crippen LogP contribution is -2.29. The van der Waals surface area contributed by atoms with Crippen LogP contribution in [0.15, 0.2) is 158 Å². The Morgan fingerprint density at radius 3 is 1.38 bits per heavy atom. The molecule has 10 rings (SSSR count). The third-order valence-electron chi connectivity index (χ3n) is 14.6. The highest BCUT2D eigenvalue weighted by molar-refractivity contribution is 6.07. The summed E-state index contributed by atoms with van der Waals surface area (Å²) in [5.74, 6) is -6.00. The van der Waals surface area contributed by atoms with Gasteiger partial charge in [-0.25, -0.2) is 28.7 Å². The quantitative estimate of drug-likeness (QED) is 0.0172. The predicted molar refractivity (Wildman–Crippen MR) is 366 cm³/mol. The first-order chi connectivity index (χ1) is 47.8. The third kappa shape index (κ3) is 20.8. The zero-order valence-electron chi connectivity index (χ0n) is 55.1. The van der Waals surface area contributed by atoms with E-state index in [1.54, 1.807) is 50.2 Å². The number of alkyl halides is 6. The van der Waals surface area contributed by atoms with Crippen molar-refractivity contribution >= 4 is 97.5 Å². The standard InChI is InChI=1S/C34H32F4N8O4.C29H19F5N6O4.C5H14N2/c1-43(2)15-16-44(3)28-18-30(50-34(36,37)38)25(17-29(28)46(48)49)41-33-39-19-26(40-31(47)14-11-21-9-12-22(35)13-10-21)32(42-33)24-20-45(4)27-8-6-5-7-23(24)27;1-39-15-19(18-4-2-3-5-23(18)39)27-22(36-26(41)11-8-16-6-9-17(30)10-7-16)14-35-28(38-27)37-21-13-24(40(42)43)20(31)12-25(21)44-29(32,33)34;1-6-4-5-7(2)3/h5-14,17-20H,15-16H2,1-4H3,(H,40,47)(H,39,41,42);2-15H,1H3,(H,36,41)(H,35,37,38);6H,4-5H2,1-3H3/b14-11+;11-8+;. The number of benzene rings is 6. The molecule has 0 aliphatic heterocycles. The maximum Gasteiger partial charge on any atom is 0.573 e. The smallest absolute Gasteiger partial charge is 0.403 e. The minimum atomic E-state index is -5.25. The van der Waals surface area contributed by atoms with Crippen molar-refractivity contribution in [1.82, 2.24) is 44.2 Å². The molecule has 10 aromatic rings. The van der Waals surface area contributed by atoms with Crippen LogP contribution in [-0.4, -0.2) is 142 Å². The summed E-state index contributed by atoms with van der Waals surface area (Å²) in [5, 5.41) is 38.4. The largest absolute Gasteiger partial charge is 0.573 e. The van der Waals surface area contributed by atoms with Gasteiger partial charge in [0.15, 0.2) is 11.5 Å². The molecule has 101 heavy (non-hydrogen) atoms. The lowest BCUT2D eigenvalue weighted by molar-refractivity contribution is -0.387. The Hall–Kier alpha value is -12.0. The summed E-state index contributed by atoms with van der Waals surface area (Å²) in [6, 6.07) is 28.1. The van der Waals surface area contributed by atoms with Crippen molar-refractivity contribution in [2.24, 2.45) is 14.1 Å². The van der Waals surface area contributed by atoms with Crippen molar-refractivity contribution in [3.05, 3.63) is 207 Å². The van der Waals surface area contributed by atoms with Crippen LogP contribution in [0.25, 0.3) is 56.5 Å². The van der Waals surface area contributed by atoms with E-state index in [0.29, 0.717) is 40.3 Å². The molecule has 0 fully saturated rings. The van der Waals surface area contributed by atoms with E-state index in [2.05, 4.69) is 75.0 Å². The van der Waals surface area contributed by atoms with Gasteiger partial charge in [-0.3, -0.25) is 29.8 Å². The van der Waals surface area contributed by atoms with Gasteiger partial charge in [0.1, 0.15) is 28.7 Å². The number of nitrogens with zero attached hydrogens (tertiary/aromatic N) is 11. The Labute approximate surface area is 570 Å². The van der Waals surface area contributed by atoms with Gasteiger partial charge in [-0.1, -0.05) is 60.7 Å². The van der Waals surface area contributed by atoms with Crippen molar-refractivity contribution in [1.29, 1.82) is 0 Å². The fourth-order valence-corrected chi connectivity index (χ4v) is 9.73. The highest BCUT2D eigenvalue weighted by atomic mass is 19.4. The van der Waals surface area contributed by atoms with Crippen molar-refractivity contribution in [2.75, 3.05) is 94.6 Å². The fourth-order valence-electron chi connectivity index (χ4n) is 9.73. The van der Waals surface area contributed by atoms with E-state index in [1.165, 1.54) is 97.2 Å². The first-order valence-corrected chi connectivity index (χ1v) is 30.2. The van der Waals surface area contributed by atoms with E-state index >= 15 is 0 Å². The monoisotopic (exact) mass is 1400 g/mol. The highest BCUT2D eigenvalue weighted by Gasteiger charge is 2.36. The summed E-state index contributed by atoms with van der Waals surface area (Å²) in [4.78, 5) is 70.0. The zero-order valence-corrected chi connectivity index (χ0v) is 55.1. The van der Waals surface area contributed by atoms with Crippen molar-refractivity contribution in [3.8, 4) is 34.0 Å². The molecule has 0 saturated heterocycles. The van der Waals surface area contributed by atoms with E-state index in [9.17, 15) is 69.3 Å². The van der Waals surface area contributed by atoms with Crippen LogP contribution in [0.5, 0.6) is 11.5 Å². The maximum atomic E-state index is 14.2. The molecule has 0 unspecified atom stereocenters. The number of likely N-dealkylation sites (N-methyl/N-ethyl adjacent to an activating group) is 4. The average molecular weight is 1410 g/mol. The summed E-state index contributed by atoms with van der Waals surface area (Å²) < 4.78 is 132. The molecule has 4 aromatic heterocycles. The Balaban J connectivity index is 0.000000236. The third-order valence-corrected chi connectivity index (χ3v) is 14.6. The molecule has 0 spiro atoms. The summed E-state index contributed by atoms with van der Waals surface area (Å²) in [6.07, 6.45) is 0.918. The van der Waals surface area contributed by atoms with Crippen LogP contribution in [0.4, 0.5) is 91.2 Å². The number of ether oxygens (including phenoxy) is 2. The number of carbonyl (C=O) groups is 2. The molecule has 6 aromatic carbocycles. The Bertz CT molecular complexity index is 4680. The second-order valence-corrected chi connectivity index (χ2v) is 22.6. The van der Waals surface area contributed by atoms with Crippen molar-refractivity contribution in [3.63, 3.8) is 0 Å². The lowest BCUT2D eigenvalue weighted by atomic mass is 10.1. The van der Waals surface area contributed by atoms with Crippen LogP contribution in [0.3, 0.4) is 0 Å². The Morgan fingerprint density at radius 1 is 0.564 bits per heavy atom. The van der Waals surface area contributed by atoms with Crippen LogP contribution < -0.4 is 41.0 Å². The number of anilines is 7. The van der Waals surface area contributed by atoms with Crippen LogP contribution in [-0.2, 0) is 23.7 Å². The molecule has 0 saturated carbocycles. The van der Waals surface area contributed by atoms with Gasteiger partial charge in [0.05, 0.1) is 45.0 Å². The number of nitrogens with one attached hydrogen (secondary N) is 5. The number of hydrogen-bond acceptors (Lipinski definition) is 18. The highest BCUT2D eigenvalue weighted by Crippen LogP contribution is 2.43. The number of aryl methyl sites for hydroxylation is 2. The number of carbonyl (C=O) groups excluding carboxylic acids is 2. The topological polar surface area (TPSA) is 270 Å². The van der Waals surface area contributed by atoms with Gasteiger partial charge >= 0.3 is 18.4 Å². The molecular weight excluding hydrogens is 1340 g/mol. The summed E-state index contributed by atoms with van der Waals surface area (Å²) in [5.41, 5.74) is 1.68. The number of fused-ring (bicyclic) bond motifs is 2. The average Bonchev–Trinajstić information content (AvgIpc) is 1.71. The molecule has 0 radical (unpaired) electrons. The van der Waals surface area contributed by atoms with Crippen molar-refractivity contribution < 1.29 is 68.4 Å². The number of rotatable bonds is 23. The van der Waals surface area contributed by atoms with Crippen LogP contribution >= 0.6 is 0 Å². The van der Waals surface area contributed by atoms with E-state index in [-0.39, 0.29) is 53.0 Å².